The Morgan fingerprint density at radius 3 is 2.70 bits per heavy atom. The van der Waals surface area contributed by atoms with Crippen molar-refractivity contribution in [1.82, 2.24) is 14.5 Å². The number of aromatic nitrogens is 3. The fraction of sp³-hybridized carbons (Fsp3) is 0.222. The molecule has 27 heavy (non-hydrogen) atoms. The third kappa shape index (κ3) is 4.41. The Kier molecular flexibility index (Phi) is 6.00. The summed E-state index contributed by atoms with van der Waals surface area (Å²) < 4.78 is 1.31. The van der Waals surface area contributed by atoms with Crippen molar-refractivity contribution in [3.8, 4) is 11.4 Å². The molecule has 1 aromatic carbocycles. The van der Waals surface area contributed by atoms with Crippen molar-refractivity contribution in [1.29, 1.82) is 0 Å². The molecular weight excluding hydrogens is 388 g/mol. The molecule has 0 spiro atoms. The Morgan fingerprint density at radius 2 is 2.07 bits per heavy atom. The van der Waals surface area contributed by atoms with Gasteiger partial charge in [0.05, 0.1) is 0 Å². The first-order valence-corrected chi connectivity index (χ1v) is 9.42. The van der Waals surface area contributed by atoms with Gasteiger partial charge in [-0.05, 0) is 31.2 Å². The average Bonchev–Trinajstić information content (AvgIpc) is 3.14. The topological polar surface area (TPSA) is 97.1 Å². The van der Waals surface area contributed by atoms with Crippen LogP contribution in [0.2, 0.25) is 5.02 Å². The van der Waals surface area contributed by atoms with E-state index in [4.69, 9.17) is 11.6 Å². The van der Waals surface area contributed by atoms with E-state index in [0.717, 1.165) is 0 Å². The quantitative estimate of drug-likeness (QED) is 0.657. The predicted molar refractivity (Wildman–Crippen MR) is 105 cm³/mol. The Hall–Kier alpha value is -2.55. The van der Waals surface area contributed by atoms with Gasteiger partial charge >= 0.3 is 0 Å². The highest BCUT2D eigenvalue weighted by Crippen LogP contribution is 2.20. The van der Waals surface area contributed by atoms with Crippen molar-refractivity contribution < 1.29 is 9.90 Å². The van der Waals surface area contributed by atoms with Gasteiger partial charge in [-0.2, -0.15) is 0 Å². The summed E-state index contributed by atoms with van der Waals surface area (Å²) in [6, 6.07) is 6.87. The van der Waals surface area contributed by atoms with Crippen molar-refractivity contribution >= 4 is 34.0 Å². The second-order valence-corrected chi connectivity index (χ2v) is 7.09. The normalized spacial score (nSPS) is 10.8. The summed E-state index contributed by atoms with van der Waals surface area (Å²) in [6.07, 6.45) is 1.76. The highest BCUT2D eigenvalue weighted by atomic mass is 35.5. The third-order valence-electron chi connectivity index (χ3n) is 3.91. The van der Waals surface area contributed by atoms with E-state index in [1.165, 1.54) is 15.9 Å². The van der Waals surface area contributed by atoms with Crippen LogP contribution in [0.4, 0.5) is 5.13 Å². The number of nitrogens with one attached hydrogen (secondary N) is 1. The number of aliphatic hydroxyl groups excluding tert-OH is 1. The number of benzene rings is 1. The van der Waals surface area contributed by atoms with Crippen molar-refractivity contribution in [2.24, 2.45) is 0 Å². The lowest BCUT2D eigenvalue weighted by Gasteiger charge is -2.15. The number of thiazole rings is 1. The van der Waals surface area contributed by atoms with Crippen molar-refractivity contribution in [2.45, 2.75) is 19.9 Å². The molecule has 0 saturated heterocycles. The first-order valence-electron chi connectivity index (χ1n) is 8.16. The number of hydrogen-bond acceptors (Lipinski definition) is 6. The lowest BCUT2D eigenvalue weighted by Crippen LogP contribution is -2.33. The van der Waals surface area contributed by atoms with Crippen LogP contribution in [0.25, 0.3) is 11.4 Å². The number of carbonyl (C=O) groups is 1. The molecule has 1 amide bonds. The van der Waals surface area contributed by atoms with E-state index in [9.17, 15) is 14.7 Å². The molecule has 0 fully saturated rings. The van der Waals surface area contributed by atoms with Crippen LogP contribution in [0, 0.1) is 6.92 Å². The van der Waals surface area contributed by atoms with E-state index in [1.54, 1.807) is 42.8 Å². The van der Waals surface area contributed by atoms with Crippen LogP contribution in [0.1, 0.15) is 11.3 Å². The largest absolute Gasteiger partial charge is 0.396 e. The number of aryl methyl sites for hydroxylation is 1. The number of amides is 1. The van der Waals surface area contributed by atoms with Crippen LogP contribution < -0.4 is 10.9 Å². The summed E-state index contributed by atoms with van der Waals surface area (Å²) >= 11 is 7.23. The Morgan fingerprint density at radius 1 is 1.33 bits per heavy atom. The van der Waals surface area contributed by atoms with Crippen LogP contribution >= 0.6 is 22.9 Å². The minimum atomic E-state index is -0.386. The summed E-state index contributed by atoms with van der Waals surface area (Å²) in [7, 11) is 0. The lowest BCUT2D eigenvalue weighted by molar-refractivity contribution is -0.116. The zero-order valence-corrected chi connectivity index (χ0v) is 16.0. The van der Waals surface area contributed by atoms with Crippen LogP contribution in [0.5, 0.6) is 0 Å². The molecule has 0 saturated carbocycles. The van der Waals surface area contributed by atoms with Crippen LogP contribution in [-0.4, -0.2) is 32.2 Å². The Labute approximate surface area is 164 Å². The third-order valence-corrected chi connectivity index (χ3v) is 4.85. The average molecular weight is 405 g/mol. The maximum atomic E-state index is 13.0. The molecule has 3 aromatic rings. The number of halogens is 1. The second kappa shape index (κ2) is 8.43. The summed E-state index contributed by atoms with van der Waals surface area (Å²) in [5.41, 5.74) is 1.22. The molecule has 0 aliphatic carbocycles. The van der Waals surface area contributed by atoms with Crippen LogP contribution in [0.15, 0.2) is 40.6 Å². The van der Waals surface area contributed by atoms with E-state index in [0.29, 0.717) is 32.8 Å². The van der Waals surface area contributed by atoms with Crippen molar-refractivity contribution in [3.05, 3.63) is 62.5 Å². The summed E-state index contributed by atoms with van der Waals surface area (Å²) in [5, 5.41) is 14.7. The smallest absolute Gasteiger partial charge is 0.257 e. The van der Waals surface area contributed by atoms with Gasteiger partial charge in [0.2, 0.25) is 5.91 Å². The molecular formula is C18H17ClN4O3S. The zero-order chi connectivity index (χ0) is 19.4. The molecule has 3 rings (SSSR count). The first-order chi connectivity index (χ1) is 13.0. The minimum absolute atomic E-state index is 0.173. The molecule has 2 aromatic heterocycles. The molecule has 0 unspecified atom stereocenters. The van der Waals surface area contributed by atoms with Gasteiger partial charge in [0, 0.05) is 46.4 Å². The van der Waals surface area contributed by atoms with Crippen LogP contribution in [-0.2, 0) is 17.8 Å². The zero-order valence-electron chi connectivity index (χ0n) is 14.5. The number of rotatable bonds is 6. The Bertz CT molecular complexity index is 1000. The lowest BCUT2D eigenvalue weighted by atomic mass is 10.1. The monoisotopic (exact) mass is 404 g/mol. The van der Waals surface area contributed by atoms with E-state index in [2.05, 4.69) is 15.3 Å². The van der Waals surface area contributed by atoms with Gasteiger partial charge in [-0.3, -0.25) is 14.2 Å². The minimum Gasteiger partial charge on any atom is -0.396 e. The van der Waals surface area contributed by atoms with Gasteiger partial charge in [-0.15, -0.1) is 11.3 Å². The highest BCUT2D eigenvalue weighted by Gasteiger charge is 2.18. The fourth-order valence-corrected chi connectivity index (χ4v) is 3.32. The fourth-order valence-electron chi connectivity index (χ4n) is 2.65. The van der Waals surface area contributed by atoms with E-state index in [1.807, 2.05) is 0 Å². The number of anilines is 1. The van der Waals surface area contributed by atoms with E-state index in [-0.39, 0.29) is 31.0 Å². The number of aliphatic hydroxyl groups is 1. The van der Waals surface area contributed by atoms with Gasteiger partial charge < -0.3 is 10.4 Å². The summed E-state index contributed by atoms with van der Waals surface area (Å²) in [6.45, 7) is 1.32. The molecule has 0 atom stereocenters. The standard InChI is InChI=1S/C18H17ClN4O3S/c1-11-14(6-8-24)17(26)23(10-15(25)22-18-20-7-9-27-18)16(21-11)12-2-4-13(19)5-3-12/h2-5,7,9,24H,6,8,10H2,1H3,(H,20,22,25). The van der Waals surface area contributed by atoms with Crippen molar-refractivity contribution in [2.75, 3.05) is 11.9 Å². The van der Waals surface area contributed by atoms with Gasteiger partial charge in [0.15, 0.2) is 5.13 Å². The van der Waals surface area contributed by atoms with Crippen LogP contribution in [0.3, 0.4) is 0 Å². The van der Waals surface area contributed by atoms with Gasteiger partial charge in [0.25, 0.3) is 5.56 Å². The molecule has 0 aliphatic heterocycles. The molecule has 140 valence electrons. The molecule has 7 nitrogen and oxygen atoms in total. The van der Waals surface area contributed by atoms with E-state index >= 15 is 0 Å². The van der Waals surface area contributed by atoms with E-state index < -0.39 is 0 Å². The Balaban J connectivity index is 2.05. The summed E-state index contributed by atoms with van der Waals surface area (Å²) in [4.78, 5) is 33.9. The highest BCUT2D eigenvalue weighted by molar-refractivity contribution is 7.13. The molecule has 9 heteroatoms. The van der Waals surface area contributed by atoms with Gasteiger partial charge in [-0.25, -0.2) is 9.97 Å². The molecule has 2 heterocycles. The molecule has 2 N–H and O–H groups in total. The number of carbonyl (C=O) groups excluding carboxylic acids is 1. The summed E-state index contributed by atoms with van der Waals surface area (Å²) in [5.74, 6) is -0.0204. The second-order valence-electron chi connectivity index (χ2n) is 5.76. The SMILES string of the molecule is Cc1nc(-c2ccc(Cl)cc2)n(CC(=O)Nc2nccs2)c(=O)c1CCO. The maximum absolute atomic E-state index is 13.0. The number of hydrogen-bond donors (Lipinski definition) is 2. The molecule has 0 radical (unpaired) electrons. The predicted octanol–water partition coefficient (Wildman–Crippen LogP) is 2.50. The molecule has 0 bridgehead atoms. The number of nitrogens with zero attached hydrogens (tertiary/aromatic N) is 3. The van der Waals surface area contributed by atoms with Gasteiger partial charge in [0.1, 0.15) is 12.4 Å². The first kappa shape index (κ1) is 19.2. The molecule has 0 aliphatic rings. The van der Waals surface area contributed by atoms with Crippen molar-refractivity contribution in [3.63, 3.8) is 0 Å². The maximum Gasteiger partial charge on any atom is 0.257 e. The van der Waals surface area contributed by atoms with Gasteiger partial charge in [-0.1, -0.05) is 11.6 Å².